The van der Waals surface area contributed by atoms with E-state index in [4.69, 9.17) is 0 Å². The first-order chi connectivity index (χ1) is 24.0. The fourth-order valence-electron chi connectivity index (χ4n) is 7.93. The molecule has 2 aliphatic heterocycles. The third-order valence-electron chi connectivity index (χ3n) is 10.2. The van der Waals surface area contributed by atoms with Crippen LogP contribution in [-0.4, -0.2) is 61.9 Å². The van der Waals surface area contributed by atoms with Gasteiger partial charge in [-0.15, -0.1) is 0 Å². The fraction of sp³-hybridized carbons (Fsp3) is 0.220. The van der Waals surface area contributed by atoms with Crippen LogP contribution in [-0.2, 0) is 20.9 Å². The summed E-state index contributed by atoms with van der Waals surface area (Å²) in [4.78, 5) is 35.8. The van der Waals surface area contributed by atoms with E-state index in [9.17, 15) is 18.0 Å². The van der Waals surface area contributed by atoms with E-state index in [0.29, 0.717) is 15.8 Å². The molecule has 1 spiro atoms. The molecule has 254 valence electrons. The zero-order valence-corrected chi connectivity index (χ0v) is 29.9. The van der Waals surface area contributed by atoms with Gasteiger partial charge in [-0.1, -0.05) is 133 Å². The second kappa shape index (κ2) is 13.0. The summed E-state index contributed by atoms with van der Waals surface area (Å²) in [5, 5.41) is -0.973. The van der Waals surface area contributed by atoms with Gasteiger partial charge in [-0.2, -0.15) is 13.2 Å². The van der Waals surface area contributed by atoms with Gasteiger partial charge < -0.3 is 9.80 Å². The van der Waals surface area contributed by atoms with Crippen molar-refractivity contribution in [2.24, 2.45) is 0 Å². The lowest BCUT2D eigenvalue weighted by molar-refractivity contribution is -0.189. The Kier molecular flexibility index (Phi) is 8.74. The van der Waals surface area contributed by atoms with Gasteiger partial charge in [0.15, 0.2) is 0 Å². The zero-order valence-electron chi connectivity index (χ0n) is 27.9. The van der Waals surface area contributed by atoms with Crippen LogP contribution in [0, 0.1) is 0 Å². The van der Waals surface area contributed by atoms with Crippen LogP contribution in [0.5, 0.6) is 0 Å². The molecule has 2 aliphatic rings. The molecular formula is C41H38F3N3O2Si. The van der Waals surface area contributed by atoms with Crippen molar-refractivity contribution >= 4 is 22.1 Å². The Bertz CT molecular complexity index is 1870. The van der Waals surface area contributed by atoms with E-state index in [1.807, 2.05) is 104 Å². The van der Waals surface area contributed by atoms with Gasteiger partial charge in [-0.25, -0.2) is 0 Å². The number of nitrogens with zero attached hydrogens (tertiary/aromatic N) is 3. The number of hydrogen-bond donors (Lipinski definition) is 0. The van der Waals surface area contributed by atoms with E-state index in [-0.39, 0.29) is 37.5 Å². The van der Waals surface area contributed by atoms with Crippen molar-refractivity contribution in [3.63, 3.8) is 0 Å². The molecule has 1 atom stereocenters. The summed E-state index contributed by atoms with van der Waals surface area (Å²) < 4.78 is 40.7. The van der Waals surface area contributed by atoms with Crippen LogP contribution in [0.4, 0.5) is 13.2 Å². The lowest BCUT2D eigenvalue weighted by Crippen LogP contribution is -2.83. The van der Waals surface area contributed by atoms with Gasteiger partial charge in [0.05, 0.1) is 17.6 Å². The van der Waals surface area contributed by atoms with Gasteiger partial charge in [-0.05, 0) is 46.9 Å². The number of likely N-dealkylation sites (tertiary alicyclic amines) is 1. The van der Waals surface area contributed by atoms with Gasteiger partial charge in [0.25, 0.3) is 5.91 Å². The van der Waals surface area contributed by atoms with E-state index >= 15 is 4.79 Å². The first-order valence-electron chi connectivity index (χ1n) is 16.8. The van der Waals surface area contributed by atoms with Crippen LogP contribution in [0.1, 0.15) is 52.4 Å². The Morgan fingerprint density at radius 1 is 0.600 bits per heavy atom. The predicted octanol–water partition coefficient (Wildman–Crippen LogP) is 6.55. The SMILES string of the molecule is C[C@]([SiH3])(c1ccc(C(F)(F)F)cc1)N1C(=O)CN(C(c2ccccc2)c2ccccc2)C(=O)C12CN(C(c1ccccc1)c1ccccc1)C2. The van der Waals surface area contributed by atoms with Crippen LogP contribution in [0.3, 0.4) is 0 Å². The number of amides is 2. The van der Waals surface area contributed by atoms with Crippen LogP contribution in [0.25, 0.3) is 0 Å². The third-order valence-corrected chi connectivity index (χ3v) is 11.2. The van der Waals surface area contributed by atoms with Gasteiger partial charge in [0, 0.05) is 28.5 Å². The molecule has 9 heteroatoms. The largest absolute Gasteiger partial charge is 0.416 e. The highest BCUT2D eigenvalue weighted by Gasteiger charge is 2.64. The van der Waals surface area contributed by atoms with E-state index < -0.39 is 28.5 Å². The Morgan fingerprint density at radius 2 is 0.980 bits per heavy atom. The predicted molar refractivity (Wildman–Crippen MR) is 191 cm³/mol. The van der Waals surface area contributed by atoms with Crippen molar-refractivity contribution in [1.29, 1.82) is 0 Å². The van der Waals surface area contributed by atoms with Crippen molar-refractivity contribution in [1.82, 2.24) is 14.7 Å². The molecule has 5 nitrogen and oxygen atoms in total. The zero-order chi connectivity index (χ0) is 35.1. The standard InChI is InChI=1S/C41H38F3N3O2Si/c1-39(50,33-22-24-34(25-23-33)41(42,43)44)47-35(48)26-46(37(31-18-10-4-11-19-31)32-20-12-5-13-21-32)38(49)40(47)27-45(28-40)36(29-14-6-2-7-15-29)30-16-8-3-9-17-30/h2-25,36-37H,26-28H2,1,50H3/t39-/m0/s1. The van der Waals surface area contributed by atoms with Crippen molar-refractivity contribution in [2.45, 2.75) is 35.9 Å². The molecule has 2 heterocycles. The number of piperazine rings is 1. The first-order valence-corrected chi connectivity index (χ1v) is 17.8. The maximum atomic E-state index is 15.4. The summed E-state index contributed by atoms with van der Waals surface area (Å²) >= 11 is 0. The van der Waals surface area contributed by atoms with E-state index in [2.05, 4.69) is 29.2 Å². The topological polar surface area (TPSA) is 43.9 Å². The maximum Gasteiger partial charge on any atom is 0.416 e. The Labute approximate surface area is 293 Å². The molecule has 2 amide bonds. The van der Waals surface area contributed by atoms with Crippen LogP contribution < -0.4 is 0 Å². The fourth-order valence-corrected chi connectivity index (χ4v) is 8.94. The second-order valence-electron chi connectivity index (χ2n) is 13.7. The minimum absolute atomic E-state index is 0.158. The molecule has 0 saturated carbocycles. The number of carbonyl (C=O) groups excluding carboxylic acids is 2. The number of hydrogen-bond acceptors (Lipinski definition) is 3. The summed E-state index contributed by atoms with van der Waals surface area (Å²) in [6.45, 7) is 2.24. The van der Waals surface area contributed by atoms with Gasteiger partial charge >= 0.3 is 6.18 Å². The second-order valence-corrected chi connectivity index (χ2v) is 15.6. The van der Waals surface area contributed by atoms with Crippen LogP contribution in [0.2, 0.25) is 0 Å². The Hall–Kier alpha value is -4.99. The molecule has 0 aromatic heterocycles. The number of benzene rings is 5. The van der Waals surface area contributed by atoms with Crippen LogP contribution >= 0.6 is 0 Å². The molecule has 0 unspecified atom stereocenters. The molecule has 0 N–H and O–H groups in total. The van der Waals surface area contributed by atoms with Crippen molar-refractivity contribution in [2.75, 3.05) is 19.6 Å². The van der Waals surface area contributed by atoms with Crippen molar-refractivity contribution in [3.05, 3.63) is 179 Å². The molecule has 2 fully saturated rings. The number of rotatable bonds is 8. The smallest absolute Gasteiger partial charge is 0.320 e. The number of carbonyl (C=O) groups is 2. The van der Waals surface area contributed by atoms with E-state index in [1.54, 1.807) is 9.80 Å². The molecule has 0 aliphatic carbocycles. The molecule has 5 aromatic carbocycles. The lowest BCUT2D eigenvalue weighted by Gasteiger charge is -2.64. The summed E-state index contributed by atoms with van der Waals surface area (Å²) in [5.41, 5.74) is 2.49. The quantitative estimate of drug-likeness (QED) is 0.174. The highest BCUT2D eigenvalue weighted by molar-refractivity contribution is 6.18. The maximum absolute atomic E-state index is 15.4. The summed E-state index contributed by atoms with van der Waals surface area (Å²) in [5.74, 6) is -0.394. The van der Waals surface area contributed by atoms with Gasteiger partial charge in [0.1, 0.15) is 12.1 Å². The van der Waals surface area contributed by atoms with Gasteiger partial charge in [0.2, 0.25) is 5.91 Å². The highest BCUT2D eigenvalue weighted by Crippen LogP contribution is 2.47. The summed E-state index contributed by atoms with van der Waals surface area (Å²) in [6.07, 6.45) is -4.49. The third kappa shape index (κ3) is 5.94. The minimum Gasteiger partial charge on any atom is -0.320 e. The average molecular weight is 690 g/mol. The van der Waals surface area contributed by atoms with Gasteiger partial charge in [-0.3, -0.25) is 14.5 Å². The first kappa shape index (κ1) is 33.5. The van der Waals surface area contributed by atoms with E-state index in [0.717, 1.165) is 34.4 Å². The molecule has 0 bridgehead atoms. The molecular weight excluding hydrogens is 652 g/mol. The number of halogens is 3. The lowest BCUT2D eigenvalue weighted by atomic mass is 9.78. The highest BCUT2D eigenvalue weighted by atomic mass is 28.1. The molecule has 5 aromatic rings. The summed E-state index contributed by atoms with van der Waals surface area (Å²) in [6, 6.07) is 44.0. The molecule has 50 heavy (non-hydrogen) atoms. The number of alkyl halides is 3. The van der Waals surface area contributed by atoms with Crippen molar-refractivity contribution in [3.8, 4) is 0 Å². The summed E-state index contributed by atoms with van der Waals surface area (Å²) in [7, 11) is 0.370. The normalized spacial score (nSPS) is 17.7. The molecule has 2 saturated heterocycles. The van der Waals surface area contributed by atoms with Crippen molar-refractivity contribution < 1.29 is 22.8 Å². The Balaban J connectivity index is 1.34. The molecule has 7 rings (SSSR count). The van der Waals surface area contributed by atoms with Crippen LogP contribution in [0.15, 0.2) is 146 Å². The monoisotopic (exact) mass is 689 g/mol. The minimum atomic E-state index is -4.49. The Morgan fingerprint density at radius 3 is 1.38 bits per heavy atom. The molecule has 0 radical (unpaired) electrons. The van der Waals surface area contributed by atoms with E-state index in [1.165, 1.54) is 12.1 Å². The average Bonchev–Trinajstić information content (AvgIpc) is 3.11.